The van der Waals surface area contributed by atoms with Crippen molar-refractivity contribution < 1.29 is 27.5 Å². The van der Waals surface area contributed by atoms with Crippen molar-refractivity contribution in [1.29, 1.82) is 0 Å². The van der Waals surface area contributed by atoms with Crippen LogP contribution in [0, 0.1) is 0 Å². The van der Waals surface area contributed by atoms with Gasteiger partial charge in [-0.15, -0.1) is 0 Å². The van der Waals surface area contributed by atoms with E-state index < -0.39 is 18.2 Å². The molecule has 2 atom stereocenters. The Morgan fingerprint density at radius 2 is 2.00 bits per heavy atom. The Kier molecular flexibility index (Phi) is 7.55. The molecule has 1 fully saturated rings. The maximum Gasteiger partial charge on any atom is 0.425 e. The Balaban J connectivity index is 1.91. The summed E-state index contributed by atoms with van der Waals surface area (Å²) in [6.07, 6.45) is -2.38. The highest BCUT2D eigenvalue weighted by Gasteiger charge is 2.38. The lowest BCUT2D eigenvalue weighted by Crippen LogP contribution is -2.43. The normalized spacial score (nSPS) is 18.8. The van der Waals surface area contributed by atoms with Crippen LogP contribution in [0.15, 0.2) is 35.6 Å². The second-order valence-electron chi connectivity index (χ2n) is 7.25. The molecule has 0 bridgehead atoms. The number of oxime groups is 1. The van der Waals surface area contributed by atoms with Gasteiger partial charge in [0.05, 0.1) is 18.0 Å². The van der Waals surface area contributed by atoms with E-state index in [1.54, 1.807) is 24.3 Å². The van der Waals surface area contributed by atoms with Crippen molar-refractivity contribution in [2.45, 2.75) is 50.9 Å². The first-order valence-electron chi connectivity index (χ1n) is 9.96. The van der Waals surface area contributed by atoms with Crippen LogP contribution in [0.4, 0.5) is 13.2 Å². The van der Waals surface area contributed by atoms with Crippen LogP contribution in [0.5, 0.6) is 5.75 Å². The summed E-state index contributed by atoms with van der Waals surface area (Å²) in [6.45, 7) is 0.881. The molecule has 1 amide bonds. The molecule has 1 aliphatic rings. The zero-order valence-corrected chi connectivity index (χ0v) is 18.2. The van der Waals surface area contributed by atoms with Crippen molar-refractivity contribution in [1.82, 2.24) is 15.3 Å². The first kappa shape index (κ1) is 23.8. The molecule has 1 aliphatic carbocycles. The van der Waals surface area contributed by atoms with Crippen molar-refractivity contribution in [3.8, 4) is 17.0 Å². The van der Waals surface area contributed by atoms with Gasteiger partial charge in [0, 0.05) is 10.6 Å². The molecule has 1 unspecified atom stereocenters. The highest BCUT2D eigenvalue weighted by molar-refractivity contribution is 6.30. The Bertz CT molecular complexity index is 983. The minimum Gasteiger partial charge on any atom is -0.477 e. The molecule has 0 aliphatic heterocycles. The van der Waals surface area contributed by atoms with Gasteiger partial charge in [-0.2, -0.15) is 13.2 Å². The molecule has 32 heavy (non-hydrogen) atoms. The van der Waals surface area contributed by atoms with E-state index in [-0.39, 0.29) is 23.3 Å². The summed E-state index contributed by atoms with van der Waals surface area (Å²) in [7, 11) is 1.43. The molecular weight excluding hydrogens is 449 g/mol. The monoisotopic (exact) mass is 470 g/mol. The van der Waals surface area contributed by atoms with Crippen LogP contribution >= 0.6 is 11.6 Å². The highest BCUT2D eigenvalue weighted by Crippen LogP contribution is 2.32. The average molecular weight is 471 g/mol. The van der Waals surface area contributed by atoms with Crippen molar-refractivity contribution in [2.24, 2.45) is 5.16 Å². The number of hydrogen-bond donors (Lipinski definition) is 1. The molecule has 0 saturated heterocycles. The van der Waals surface area contributed by atoms with Crippen LogP contribution in [0.1, 0.15) is 43.2 Å². The number of ether oxygens (including phenoxy) is 1. The molecule has 1 saturated carbocycles. The maximum atomic E-state index is 13.0. The van der Waals surface area contributed by atoms with Crippen molar-refractivity contribution >= 4 is 23.2 Å². The number of rotatable bonds is 6. The van der Waals surface area contributed by atoms with Gasteiger partial charge in [-0.25, -0.2) is 9.97 Å². The van der Waals surface area contributed by atoms with Crippen LogP contribution in [0.25, 0.3) is 11.3 Å². The standard InChI is InChI=1S/C21H22ClF3N4O3/c1-12(21(23,24)25)32-17-11-26-19(28-18(17)13-7-9-14(22)10-8-13)20(30)27-15-5-3-4-6-16(15)29-31-2/h7-12,15H,3-6H2,1-2H3,(H,27,30)/t12?,15-/m0/s1. The lowest BCUT2D eigenvalue weighted by atomic mass is 9.93. The van der Waals surface area contributed by atoms with Gasteiger partial charge < -0.3 is 14.9 Å². The number of nitrogens with zero attached hydrogens (tertiary/aromatic N) is 3. The molecule has 1 aromatic carbocycles. The molecule has 1 heterocycles. The summed E-state index contributed by atoms with van der Waals surface area (Å²) in [5.41, 5.74) is 1.19. The van der Waals surface area contributed by atoms with Crippen molar-refractivity contribution in [3.05, 3.63) is 41.3 Å². The third-order valence-electron chi connectivity index (χ3n) is 4.93. The zero-order chi connectivity index (χ0) is 23.3. The number of benzene rings is 1. The molecule has 0 radical (unpaired) electrons. The fourth-order valence-electron chi connectivity index (χ4n) is 3.24. The minimum atomic E-state index is -4.58. The van der Waals surface area contributed by atoms with Crippen molar-refractivity contribution in [2.75, 3.05) is 7.11 Å². The smallest absolute Gasteiger partial charge is 0.425 e. The van der Waals surface area contributed by atoms with Gasteiger partial charge in [-0.05, 0) is 38.3 Å². The topological polar surface area (TPSA) is 85.7 Å². The molecule has 1 N–H and O–H groups in total. The van der Waals surface area contributed by atoms with E-state index in [4.69, 9.17) is 21.2 Å². The van der Waals surface area contributed by atoms with Crippen LogP contribution < -0.4 is 10.1 Å². The van der Waals surface area contributed by atoms with Gasteiger partial charge >= 0.3 is 6.18 Å². The van der Waals surface area contributed by atoms with Crippen molar-refractivity contribution in [3.63, 3.8) is 0 Å². The molecule has 172 valence electrons. The van der Waals surface area contributed by atoms with Crippen LogP contribution in [0.3, 0.4) is 0 Å². The fraction of sp³-hybridized carbons (Fsp3) is 0.429. The number of carbonyl (C=O) groups is 1. The third-order valence-corrected chi connectivity index (χ3v) is 5.18. The second-order valence-corrected chi connectivity index (χ2v) is 7.69. The molecule has 1 aromatic heterocycles. The summed E-state index contributed by atoms with van der Waals surface area (Å²) < 4.78 is 44.1. The molecule has 11 heteroatoms. The minimum absolute atomic E-state index is 0.0485. The Morgan fingerprint density at radius 3 is 2.66 bits per heavy atom. The Morgan fingerprint density at radius 1 is 1.28 bits per heavy atom. The lowest BCUT2D eigenvalue weighted by Gasteiger charge is -2.24. The number of alkyl halides is 3. The van der Waals surface area contributed by atoms with E-state index in [9.17, 15) is 18.0 Å². The largest absolute Gasteiger partial charge is 0.477 e. The van der Waals surface area contributed by atoms with E-state index in [1.807, 2.05) is 0 Å². The van der Waals surface area contributed by atoms with Gasteiger partial charge in [-0.1, -0.05) is 35.3 Å². The van der Waals surface area contributed by atoms with Gasteiger partial charge in [0.15, 0.2) is 11.9 Å². The number of hydrogen-bond acceptors (Lipinski definition) is 6. The first-order chi connectivity index (χ1) is 15.2. The average Bonchev–Trinajstić information content (AvgIpc) is 2.75. The summed E-state index contributed by atoms with van der Waals surface area (Å²) in [6, 6.07) is 5.93. The Labute approximate surface area is 188 Å². The van der Waals surface area contributed by atoms with Crippen LogP contribution in [0.2, 0.25) is 5.02 Å². The van der Waals surface area contributed by atoms with Crippen LogP contribution in [-0.2, 0) is 4.84 Å². The molecule has 2 aromatic rings. The van der Waals surface area contributed by atoms with Gasteiger partial charge in [0.1, 0.15) is 12.8 Å². The quantitative estimate of drug-likeness (QED) is 0.613. The number of aromatic nitrogens is 2. The Hall–Kier alpha value is -2.88. The van der Waals surface area contributed by atoms with Crippen LogP contribution in [-0.4, -0.2) is 47.0 Å². The molecule has 7 nitrogen and oxygen atoms in total. The van der Waals surface area contributed by atoms with E-state index in [1.165, 1.54) is 7.11 Å². The summed E-state index contributed by atoms with van der Waals surface area (Å²) in [5, 5.41) is 7.24. The number of carbonyl (C=O) groups excluding carboxylic acids is 1. The zero-order valence-electron chi connectivity index (χ0n) is 17.4. The predicted molar refractivity (Wildman–Crippen MR) is 113 cm³/mol. The van der Waals surface area contributed by atoms with E-state index in [0.717, 1.165) is 26.0 Å². The first-order valence-corrected chi connectivity index (χ1v) is 10.3. The van der Waals surface area contributed by atoms with E-state index in [0.29, 0.717) is 29.1 Å². The predicted octanol–water partition coefficient (Wildman–Crippen LogP) is 4.80. The summed E-state index contributed by atoms with van der Waals surface area (Å²) in [4.78, 5) is 25.8. The van der Waals surface area contributed by atoms with E-state index >= 15 is 0 Å². The van der Waals surface area contributed by atoms with Gasteiger partial charge in [0.2, 0.25) is 5.82 Å². The third kappa shape index (κ3) is 5.87. The molecule has 0 spiro atoms. The SMILES string of the molecule is CON=C1CCCC[C@@H]1NC(=O)c1ncc(OC(C)C(F)(F)F)c(-c2ccc(Cl)cc2)n1. The van der Waals surface area contributed by atoms with E-state index in [2.05, 4.69) is 20.4 Å². The highest BCUT2D eigenvalue weighted by atomic mass is 35.5. The molecular formula is C21H22ClF3N4O3. The number of halogens is 4. The summed E-state index contributed by atoms with van der Waals surface area (Å²) in [5.74, 6) is -0.983. The summed E-state index contributed by atoms with van der Waals surface area (Å²) >= 11 is 5.91. The fourth-order valence-corrected chi connectivity index (χ4v) is 3.36. The van der Waals surface area contributed by atoms with Gasteiger partial charge in [-0.3, -0.25) is 4.79 Å². The maximum absolute atomic E-state index is 13.0. The van der Waals surface area contributed by atoms with Gasteiger partial charge in [0.25, 0.3) is 5.91 Å². The lowest BCUT2D eigenvalue weighted by molar-refractivity contribution is -0.189. The number of amides is 1. The number of nitrogens with one attached hydrogen (secondary N) is 1. The molecule has 3 rings (SSSR count). The second kappa shape index (κ2) is 10.2.